The smallest absolute Gasteiger partial charge is 0.162 e. The maximum atomic E-state index is 13.5. The van der Waals surface area contributed by atoms with Crippen LogP contribution >= 0.6 is 11.6 Å². The van der Waals surface area contributed by atoms with Crippen molar-refractivity contribution in [2.24, 2.45) is 10.8 Å². The van der Waals surface area contributed by atoms with Crippen molar-refractivity contribution in [3.63, 3.8) is 0 Å². The van der Waals surface area contributed by atoms with Gasteiger partial charge < -0.3 is 10.1 Å². The molecule has 0 aromatic heterocycles. The number of halogens is 1. The Kier molecular flexibility index (Phi) is 5.48. The van der Waals surface area contributed by atoms with E-state index in [2.05, 4.69) is 33.0 Å². The summed E-state index contributed by atoms with van der Waals surface area (Å²) >= 11 is 6.00. The van der Waals surface area contributed by atoms with E-state index in [1.165, 1.54) is 0 Å². The van der Waals surface area contributed by atoms with Crippen molar-refractivity contribution in [1.82, 2.24) is 5.32 Å². The summed E-state index contributed by atoms with van der Waals surface area (Å²) in [5.41, 5.74) is 4.12. The lowest BCUT2D eigenvalue weighted by Gasteiger charge is -2.44. The van der Waals surface area contributed by atoms with Gasteiger partial charge in [0, 0.05) is 46.3 Å². The summed E-state index contributed by atoms with van der Waals surface area (Å²) in [5.74, 6) is 1.22. The third kappa shape index (κ3) is 4.32. The number of allylic oxidation sites excluding steroid dienone is 4. The van der Waals surface area contributed by atoms with Gasteiger partial charge in [-0.25, -0.2) is 0 Å². The third-order valence-electron chi connectivity index (χ3n) is 6.96. The number of carbonyl (C=O) groups is 2. The molecule has 0 unspecified atom stereocenters. The fourth-order valence-corrected chi connectivity index (χ4v) is 5.74. The molecule has 5 heteroatoms. The van der Waals surface area contributed by atoms with E-state index in [9.17, 15) is 9.59 Å². The number of ether oxygens (including phenoxy) is 1. The minimum absolute atomic E-state index is 0.112. The standard InChI is InChI=1S/C29H30ClNO3/c1-28(2)13-21-26(23(32)15-28)25(27-22(31-21)14-29(3,4)16-24(27)33)17-6-5-7-20(12-17)34-19-10-8-18(30)9-11-19/h5-12,25,31H,13-16H2,1-4H3. The van der Waals surface area contributed by atoms with Gasteiger partial charge in [0.2, 0.25) is 0 Å². The lowest BCUT2D eigenvalue weighted by Crippen LogP contribution is -2.42. The molecule has 2 aromatic carbocycles. The highest BCUT2D eigenvalue weighted by atomic mass is 35.5. The van der Waals surface area contributed by atoms with Crippen LogP contribution in [0.25, 0.3) is 0 Å². The Labute approximate surface area is 206 Å². The van der Waals surface area contributed by atoms with E-state index in [4.69, 9.17) is 16.3 Å². The Morgan fingerprint density at radius 1 is 0.794 bits per heavy atom. The number of hydrogen-bond donors (Lipinski definition) is 1. The Morgan fingerprint density at radius 2 is 1.35 bits per heavy atom. The van der Waals surface area contributed by atoms with Gasteiger partial charge in [-0.15, -0.1) is 0 Å². The molecule has 0 atom stereocenters. The molecule has 0 fully saturated rings. The molecule has 5 rings (SSSR count). The average molecular weight is 476 g/mol. The molecular formula is C29H30ClNO3. The van der Waals surface area contributed by atoms with Crippen molar-refractivity contribution in [1.29, 1.82) is 0 Å². The molecule has 1 aliphatic heterocycles. The van der Waals surface area contributed by atoms with E-state index in [0.29, 0.717) is 29.4 Å². The number of ketones is 2. The van der Waals surface area contributed by atoms with Crippen molar-refractivity contribution in [2.45, 2.75) is 59.3 Å². The molecule has 34 heavy (non-hydrogen) atoms. The summed E-state index contributed by atoms with van der Waals surface area (Å²) < 4.78 is 6.08. The van der Waals surface area contributed by atoms with Gasteiger partial charge >= 0.3 is 0 Å². The zero-order valence-electron chi connectivity index (χ0n) is 20.1. The van der Waals surface area contributed by atoms with Crippen molar-refractivity contribution in [2.75, 3.05) is 0 Å². The first-order valence-electron chi connectivity index (χ1n) is 11.8. The molecule has 0 saturated carbocycles. The molecule has 2 aliphatic carbocycles. The van der Waals surface area contributed by atoms with E-state index >= 15 is 0 Å². The fourth-order valence-electron chi connectivity index (χ4n) is 5.62. The van der Waals surface area contributed by atoms with Crippen LogP contribution in [0, 0.1) is 10.8 Å². The summed E-state index contributed by atoms with van der Waals surface area (Å²) in [6.45, 7) is 8.52. The number of rotatable bonds is 3. The molecule has 1 N–H and O–H groups in total. The van der Waals surface area contributed by atoms with Gasteiger partial charge in [-0.3, -0.25) is 9.59 Å². The van der Waals surface area contributed by atoms with Crippen LogP contribution in [0.1, 0.15) is 64.9 Å². The first-order valence-corrected chi connectivity index (χ1v) is 12.2. The maximum absolute atomic E-state index is 13.5. The number of benzene rings is 2. The molecule has 0 amide bonds. The monoisotopic (exact) mass is 475 g/mol. The molecule has 0 radical (unpaired) electrons. The number of hydrogen-bond acceptors (Lipinski definition) is 4. The first-order chi connectivity index (χ1) is 16.0. The van der Waals surface area contributed by atoms with Crippen LogP contribution < -0.4 is 10.1 Å². The van der Waals surface area contributed by atoms with Crippen molar-refractivity contribution in [3.05, 3.63) is 81.7 Å². The van der Waals surface area contributed by atoms with Gasteiger partial charge in [0.05, 0.1) is 0 Å². The zero-order valence-corrected chi connectivity index (χ0v) is 20.9. The Balaban J connectivity index is 1.61. The second-order valence-electron chi connectivity index (χ2n) is 11.4. The molecule has 1 heterocycles. The topological polar surface area (TPSA) is 55.4 Å². The summed E-state index contributed by atoms with van der Waals surface area (Å²) in [4.78, 5) is 26.9. The Bertz CT molecular complexity index is 1200. The normalized spacial score (nSPS) is 21.7. The quantitative estimate of drug-likeness (QED) is 0.514. The minimum Gasteiger partial charge on any atom is -0.457 e. The molecule has 0 saturated heterocycles. The van der Waals surface area contributed by atoms with Crippen LogP contribution in [0.15, 0.2) is 71.1 Å². The van der Waals surface area contributed by atoms with Crippen molar-refractivity contribution in [3.8, 4) is 11.5 Å². The summed E-state index contributed by atoms with van der Waals surface area (Å²) in [6.07, 6.45) is 2.54. The van der Waals surface area contributed by atoms with Crippen molar-refractivity contribution >= 4 is 23.2 Å². The lowest BCUT2D eigenvalue weighted by atomic mass is 9.64. The molecule has 2 aromatic rings. The van der Waals surface area contributed by atoms with E-state index in [0.717, 1.165) is 40.9 Å². The molecule has 0 bridgehead atoms. The third-order valence-corrected chi connectivity index (χ3v) is 7.21. The molecule has 0 spiro atoms. The second-order valence-corrected chi connectivity index (χ2v) is 11.8. The van der Waals surface area contributed by atoms with Gasteiger partial charge in [0.25, 0.3) is 0 Å². The maximum Gasteiger partial charge on any atom is 0.162 e. The summed E-state index contributed by atoms with van der Waals surface area (Å²) in [5, 5.41) is 4.21. The molecule has 176 valence electrons. The predicted molar refractivity (Wildman–Crippen MR) is 134 cm³/mol. The van der Waals surface area contributed by atoms with Crippen LogP contribution in [0.2, 0.25) is 5.02 Å². The van der Waals surface area contributed by atoms with Gasteiger partial charge in [-0.2, -0.15) is 0 Å². The second kappa shape index (κ2) is 8.13. The van der Waals surface area contributed by atoms with Crippen LogP contribution in [-0.2, 0) is 9.59 Å². The largest absolute Gasteiger partial charge is 0.457 e. The predicted octanol–water partition coefficient (Wildman–Crippen LogP) is 7.11. The van der Waals surface area contributed by atoms with Gasteiger partial charge in [0.15, 0.2) is 11.6 Å². The SMILES string of the molecule is CC1(C)CC(=O)C2=C(C1)NC1=C(C(=O)CC(C)(C)C1)C2c1cccc(Oc2ccc(Cl)cc2)c1. The van der Waals surface area contributed by atoms with Crippen LogP contribution in [-0.4, -0.2) is 11.6 Å². The molecule has 3 aliphatic rings. The van der Waals surface area contributed by atoms with E-state index in [1.807, 2.05) is 36.4 Å². The van der Waals surface area contributed by atoms with E-state index in [-0.39, 0.29) is 28.3 Å². The average Bonchev–Trinajstić information content (AvgIpc) is 2.72. The number of carbonyl (C=O) groups excluding carboxylic acids is 2. The van der Waals surface area contributed by atoms with E-state index < -0.39 is 0 Å². The number of dihydropyridines is 1. The lowest BCUT2D eigenvalue weighted by molar-refractivity contribution is -0.119. The zero-order chi connectivity index (χ0) is 24.3. The first kappa shape index (κ1) is 22.9. The van der Waals surface area contributed by atoms with E-state index in [1.54, 1.807) is 12.1 Å². The van der Waals surface area contributed by atoms with Gasteiger partial charge in [-0.05, 0) is 65.6 Å². The highest BCUT2D eigenvalue weighted by Gasteiger charge is 2.46. The Hall–Kier alpha value is -2.85. The van der Waals surface area contributed by atoms with Crippen LogP contribution in [0.4, 0.5) is 0 Å². The summed E-state index contributed by atoms with van der Waals surface area (Å²) in [6, 6.07) is 15.0. The molecule has 4 nitrogen and oxygen atoms in total. The Morgan fingerprint density at radius 3 is 1.91 bits per heavy atom. The van der Waals surface area contributed by atoms with Crippen molar-refractivity contribution < 1.29 is 14.3 Å². The van der Waals surface area contributed by atoms with Gasteiger partial charge in [-0.1, -0.05) is 51.4 Å². The van der Waals surface area contributed by atoms with Gasteiger partial charge in [0.1, 0.15) is 11.5 Å². The highest BCUT2D eigenvalue weighted by Crippen LogP contribution is 2.51. The minimum atomic E-state index is -0.368. The summed E-state index contributed by atoms with van der Waals surface area (Å²) in [7, 11) is 0. The number of nitrogens with one attached hydrogen (secondary N) is 1. The van der Waals surface area contributed by atoms with Crippen LogP contribution in [0.3, 0.4) is 0 Å². The highest BCUT2D eigenvalue weighted by molar-refractivity contribution is 6.30. The number of Topliss-reactive ketones (excluding diaryl/α,β-unsaturated/α-hetero) is 2. The fraction of sp³-hybridized carbons (Fsp3) is 0.379. The molecular weight excluding hydrogens is 446 g/mol. The van der Waals surface area contributed by atoms with Crippen LogP contribution in [0.5, 0.6) is 11.5 Å².